The lowest BCUT2D eigenvalue weighted by Crippen LogP contribution is -2.30. The minimum absolute atomic E-state index is 0.0742. The molecule has 104 valence electrons. The van der Waals surface area contributed by atoms with E-state index in [-0.39, 0.29) is 12.1 Å². The Morgan fingerprint density at radius 2 is 2.05 bits per heavy atom. The second-order valence-electron chi connectivity index (χ2n) is 5.33. The van der Waals surface area contributed by atoms with E-state index in [4.69, 9.17) is 5.73 Å². The largest absolute Gasteiger partial charge is 0.362 e. The first-order valence-corrected chi connectivity index (χ1v) is 6.75. The molecule has 0 spiro atoms. The predicted octanol–water partition coefficient (Wildman–Crippen LogP) is 1.58. The van der Waals surface area contributed by atoms with Gasteiger partial charge in [-0.3, -0.25) is 0 Å². The van der Waals surface area contributed by atoms with Crippen molar-refractivity contribution in [3.63, 3.8) is 0 Å². The minimum atomic E-state index is 0.0742. The van der Waals surface area contributed by atoms with Gasteiger partial charge in [0.25, 0.3) is 0 Å². The van der Waals surface area contributed by atoms with Gasteiger partial charge < -0.3 is 16.0 Å². The summed E-state index contributed by atoms with van der Waals surface area (Å²) in [5.74, 6) is 1.50. The van der Waals surface area contributed by atoms with Crippen LogP contribution in [0.5, 0.6) is 0 Å². The molecule has 1 aromatic heterocycles. The zero-order valence-electron chi connectivity index (χ0n) is 11.7. The van der Waals surface area contributed by atoms with Crippen molar-refractivity contribution in [1.29, 1.82) is 0 Å². The van der Waals surface area contributed by atoms with Crippen LogP contribution in [-0.4, -0.2) is 30.1 Å². The molecule has 2 aromatic rings. The van der Waals surface area contributed by atoms with Crippen LogP contribution in [0.1, 0.15) is 17.2 Å². The maximum absolute atomic E-state index is 6.26. The number of nitrogens with zero attached hydrogens (tertiary/aromatic N) is 3. The molecule has 1 aliphatic carbocycles. The number of anilines is 2. The van der Waals surface area contributed by atoms with E-state index >= 15 is 0 Å². The summed E-state index contributed by atoms with van der Waals surface area (Å²) in [6.45, 7) is 0. The lowest BCUT2D eigenvalue weighted by Gasteiger charge is -2.20. The van der Waals surface area contributed by atoms with E-state index in [2.05, 4.69) is 39.6 Å². The van der Waals surface area contributed by atoms with Crippen LogP contribution >= 0.6 is 0 Å². The fourth-order valence-corrected chi connectivity index (χ4v) is 2.61. The molecule has 3 rings (SSSR count). The minimum Gasteiger partial charge on any atom is -0.362 e. The molecule has 2 atom stereocenters. The van der Waals surface area contributed by atoms with Gasteiger partial charge in [-0.15, -0.1) is 0 Å². The summed E-state index contributed by atoms with van der Waals surface area (Å²) in [6.07, 6.45) is 2.66. The van der Waals surface area contributed by atoms with Gasteiger partial charge in [-0.05, 0) is 23.6 Å². The van der Waals surface area contributed by atoms with Crippen molar-refractivity contribution in [3.05, 3.63) is 47.7 Å². The molecule has 0 fully saturated rings. The zero-order valence-corrected chi connectivity index (χ0v) is 11.7. The molecular weight excluding hydrogens is 250 g/mol. The Morgan fingerprint density at radius 3 is 2.85 bits per heavy atom. The second-order valence-corrected chi connectivity index (χ2v) is 5.33. The predicted molar refractivity (Wildman–Crippen MR) is 80.8 cm³/mol. The van der Waals surface area contributed by atoms with Gasteiger partial charge in [-0.1, -0.05) is 24.3 Å². The molecule has 20 heavy (non-hydrogen) atoms. The third-order valence-corrected chi connectivity index (χ3v) is 3.62. The summed E-state index contributed by atoms with van der Waals surface area (Å²) < 4.78 is 0. The van der Waals surface area contributed by atoms with Crippen LogP contribution in [0.3, 0.4) is 0 Å². The van der Waals surface area contributed by atoms with Crippen molar-refractivity contribution in [1.82, 2.24) is 9.97 Å². The molecular formula is C15H19N5. The maximum atomic E-state index is 6.26. The lowest BCUT2D eigenvalue weighted by atomic mass is 10.1. The van der Waals surface area contributed by atoms with Gasteiger partial charge in [-0.2, -0.15) is 4.98 Å². The quantitative estimate of drug-likeness (QED) is 0.885. The first kappa shape index (κ1) is 12.9. The van der Waals surface area contributed by atoms with Crippen molar-refractivity contribution in [2.45, 2.75) is 18.5 Å². The third-order valence-electron chi connectivity index (χ3n) is 3.62. The Hall–Kier alpha value is -2.14. The molecule has 0 radical (unpaired) electrons. The molecule has 5 heteroatoms. The third kappa shape index (κ3) is 2.32. The van der Waals surface area contributed by atoms with Crippen molar-refractivity contribution in [3.8, 4) is 0 Å². The Morgan fingerprint density at radius 1 is 1.25 bits per heavy atom. The Bertz CT molecular complexity index is 611. The molecule has 2 unspecified atom stereocenters. The van der Waals surface area contributed by atoms with E-state index in [1.54, 1.807) is 6.20 Å². The van der Waals surface area contributed by atoms with E-state index in [9.17, 15) is 0 Å². The van der Waals surface area contributed by atoms with E-state index < -0.39 is 0 Å². The standard InChI is InChI=1S/C15H19N5/c1-20(2)15-17-8-7-13(19-15)18-14-11-6-4-3-5-10(11)9-12(14)16/h3-8,12,14H,9,16H2,1-2H3,(H,17,18,19). The van der Waals surface area contributed by atoms with Crippen LogP contribution < -0.4 is 16.0 Å². The summed E-state index contributed by atoms with van der Waals surface area (Å²) in [4.78, 5) is 10.6. The average Bonchev–Trinajstić information content (AvgIpc) is 2.76. The van der Waals surface area contributed by atoms with Crippen LogP contribution in [0.15, 0.2) is 36.5 Å². The first-order chi connectivity index (χ1) is 9.65. The average molecular weight is 269 g/mol. The number of fused-ring (bicyclic) bond motifs is 1. The fourth-order valence-electron chi connectivity index (χ4n) is 2.61. The molecule has 0 aliphatic heterocycles. The second kappa shape index (κ2) is 5.09. The van der Waals surface area contributed by atoms with Gasteiger partial charge in [0.2, 0.25) is 5.95 Å². The highest BCUT2D eigenvalue weighted by atomic mass is 15.2. The highest BCUT2D eigenvalue weighted by Crippen LogP contribution is 2.32. The zero-order chi connectivity index (χ0) is 14.1. The van der Waals surface area contributed by atoms with E-state index in [1.165, 1.54) is 11.1 Å². The van der Waals surface area contributed by atoms with Gasteiger partial charge in [0.05, 0.1) is 6.04 Å². The van der Waals surface area contributed by atoms with E-state index in [0.717, 1.165) is 12.2 Å². The van der Waals surface area contributed by atoms with Crippen LogP contribution in [0, 0.1) is 0 Å². The summed E-state index contributed by atoms with van der Waals surface area (Å²) in [5.41, 5.74) is 8.85. The van der Waals surface area contributed by atoms with Crippen molar-refractivity contribution < 1.29 is 0 Å². The number of hydrogen-bond donors (Lipinski definition) is 2. The lowest BCUT2D eigenvalue weighted by molar-refractivity contribution is 0.623. The highest BCUT2D eigenvalue weighted by Gasteiger charge is 2.29. The Labute approximate surface area is 118 Å². The van der Waals surface area contributed by atoms with Gasteiger partial charge in [-0.25, -0.2) is 4.98 Å². The molecule has 5 nitrogen and oxygen atoms in total. The molecule has 1 heterocycles. The number of hydrogen-bond acceptors (Lipinski definition) is 5. The first-order valence-electron chi connectivity index (χ1n) is 6.75. The van der Waals surface area contributed by atoms with Crippen molar-refractivity contribution in [2.24, 2.45) is 5.73 Å². The highest BCUT2D eigenvalue weighted by molar-refractivity contribution is 5.47. The fraction of sp³-hybridized carbons (Fsp3) is 0.333. The number of nitrogens with one attached hydrogen (secondary N) is 1. The monoisotopic (exact) mass is 269 g/mol. The van der Waals surface area contributed by atoms with Crippen molar-refractivity contribution >= 4 is 11.8 Å². The van der Waals surface area contributed by atoms with E-state index in [1.807, 2.05) is 25.1 Å². The summed E-state index contributed by atoms with van der Waals surface area (Å²) in [6, 6.07) is 10.4. The van der Waals surface area contributed by atoms with Gasteiger partial charge >= 0.3 is 0 Å². The molecule has 1 aromatic carbocycles. The SMILES string of the molecule is CN(C)c1nccc(NC2c3ccccc3CC2N)n1. The topological polar surface area (TPSA) is 67.1 Å². The number of aromatic nitrogens is 2. The van der Waals surface area contributed by atoms with Gasteiger partial charge in [0, 0.05) is 26.3 Å². The Kier molecular flexibility index (Phi) is 3.28. The molecule has 3 N–H and O–H groups in total. The van der Waals surface area contributed by atoms with Crippen molar-refractivity contribution in [2.75, 3.05) is 24.3 Å². The number of benzene rings is 1. The Balaban J connectivity index is 1.86. The summed E-state index contributed by atoms with van der Waals surface area (Å²) in [7, 11) is 3.85. The summed E-state index contributed by atoms with van der Waals surface area (Å²) >= 11 is 0. The van der Waals surface area contributed by atoms with Crippen LogP contribution in [-0.2, 0) is 6.42 Å². The van der Waals surface area contributed by atoms with Gasteiger partial charge in [0.1, 0.15) is 5.82 Å². The molecule has 0 bridgehead atoms. The number of rotatable bonds is 3. The molecule has 0 amide bonds. The van der Waals surface area contributed by atoms with Crippen LogP contribution in [0.4, 0.5) is 11.8 Å². The normalized spacial score (nSPS) is 20.6. The van der Waals surface area contributed by atoms with Gasteiger partial charge in [0.15, 0.2) is 0 Å². The smallest absolute Gasteiger partial charge is 0.226 e. The summed E-state index contributed by atoms with van der Waals surface area (Å²) in [5, 5.41) is 3.44. The molecule has 0 saturated carbocycles. The van der Waals surface area contributed by atoms with Crippen LogP contribution in [0.25, 0.3) is 0 Å². The molecule has 0 saturated heterocycles. The number of nitrogens with two attached hydrogens (primary N) is 1. The maximum Gasteiger partial charge on any atom is 0.226 e. The van der Waals surface area contributed by atoms with E-state index in [0.29, 0.717) is 5.95 Å². The molecule has 1 aliphatic rings. The van der Waals surface area contributed by atoms with Crippen LogP contribution in [0.2, 0.25) is 0 Å².